The van der Waals surface area contributed by atoms with Crippen LogP contribution in [0.3, 0.4) is 0 Å². The van der Waals surface area contributed by atoms with Crippen LogP contribution in [-0.2, 0) is 0 Å². The number of amidine groups is 1. The third-order valence-electron chi connectivity index (χ3n) is 5.53. The van der Waals surface area contributed by atoms with Crippen LogP contribution in [0.2, 0.25) is 5.15 Å². The number of nitrogens with zero attached hydrogens (tertiary/aromatic N) is 3. The Labute approximate surface area is 175 Å². The van der Waals surface area contributed by atoms with Crippen LogP contribution >= 0.6 is 23.4 Å². The van der Waals surface area contributed by atoms with E-state index in [9.17, 15) is 4.79 Å². The number of hydrogen-bond acceptors (Lipinski definition) is 3. The van der Waals surface area contributed by atoms with Gasteiger partial charge < -0.3 is 4.90 Å². The molecule has 2 atom stereocenters. The van der Waals surface area contributed by atoms with E-state index in [4.69, 9.17) is 11.6 Å². The van der Waals surface area contributed by atoms with Crippen molar-refractivity contribution in [3.63, 3.8) is 0 Å². The van der Waals surface area contributed by atoms with Crippen molar-refractivity contribution in [2.75, 3.05) is 6.54 Å². The average molecular weight is 416 g/mol. The summed E-state index contributed by atoms with van der Waals surface area (Å²) in [4.78, 5) is 24.4. The molecule has 6 heteroatoms. The van der Waals surface area contributed by atoms with Crippen molar-refractivity contribution in [2.24, 2.45) is 16.3 Å². The molecule has 1 saturated heterocycles. The summed E-state index contributed by atoms with van der Waals surface area (Å²) >= 11 is 7.91. The number of halogens is 1. The first-order valence-corrected chi connectivity index (χ1v) is 11.1. The van der Waals surface area contributed by atoms with Gasteiger partial charge in [-0.05, 0) is 43.2 Å². The summed E-state index contributed by atoms with van der Waals surface area (Å²) in [7, 11) is 0. The molecule has 1 aromatic carbocycles. The quantitative estimate of drug-likeness (QED) is 0.608. The summed E-state index contributed by atoms with van der Waals surface area (Å²) in [6.45, 7) is 10.0. The number of carbonyl (C=O) groups excluding carboxylic acids is 1. The van der Waals surface area contributed by atoms with Crippen LogP contribution in [0, 0.1) is 11.3 Å². The molecule has 0 radical (unpaired) electrons. The number of aromatic nitrogens is 1. The number of thioether (sulfide) groups is 1. The molecular formula is C22H26ClN3OS. The van der Waals surface area contributed by atoms with Gasteiger partial charge >= 0.3 is 0 Å². The van der Waals surface area contributed by atoms with Crippen LogP contribution in [-0.4, -0.2) is 38.8 Å². The Morgan fingerprint density at radius 1 is 1.32 bits per heavy atom. The first-order valence-electron chi connectivity index (χ1n) is 9.85. The lowest BCUT2D eigenvalue weighted by Crippen LogP contribution is -2.40. The molecule has 28 heavy (non-hydrogen) atoms. The van der Waals surface area contributed by atoms with E-state index in [2.05, 4.69) is 42.6 Å². The van der Waals surface area contributed by atoms with E-state index in [1.807, 2.05) is 24.3 Å². The highest BCUT2D eigenvalue weighted by atomic mass is 35.5. The molecule has 2 aromatic rings. The Kier molecular flexibility index (Phi) is 5.17. The Morgan fingerprint density at radius 3 is 2.71 bits per heavy atom. The molecule has 2 heterocycles. The average Bonchev–Trinajstić information content (AvgIpc) is 3.39. The molecule has 4 nitrogen and oxygen atoms in total. The molecule has 148 valence electrons. The number of aliphatic imine (C=N–C) groups is 1. The van der Waals surface area contributed by atoms with Crippen molar-refractivity contribution < 1.29 is 4.79 Å². The van der Waals surface area contributed by atoms with Gasteiger partial charge in [0, 0.05) is 23.2 Å². The number of fused-ring (bicyclic) bond motifs is 1. The van der Waals surface area contributed by atoms with E-state index in [0.717, 1.165) is 23.0 Å². The Morgan fingerprint density at radius 2 is 2.04 bits per heavy atom. The van der Waals surface area contributed by atoms with Crippen molar-refractivity contribution in [2.45, 2.75) is 51.8 Å². The van der Waals surface area contributed by atoms with E-state index in [1.54, 1.807) is 17.8 Å². The molecule has 1 saturated carbocycles. The van der Waals surface area contributed by atoms with Crippen molar-refractivity contribution in [1.82, 2.24) is 9.88 Å². The monoisotopic (exact) mass is 415 g/mol. The maximum Gasteiger partial charge on any atom is 0.280 e. The molecule has 1 aromatic heterocycles. The second-order valence-corrected chi connectivity index (χ2v) is 10.4. The maximum absolute atomic E-state index is 13.2. The summed E-state index contributed by atoms with van der Waals surface area (Å²) in [5.74, 6) is 0.490. The first-order chi connectivity index (χ1) is 13.2. The fraction of sp³-hybridized carbons (Fsp3) is 0.500. The molecule has 2 aliphatic rings. The second kappa shape index (κ2) is 7.34. The molecular weight excluding hydrogens is 390 g/mol. The summed E-state index contributed by atoms with van der Waals surface area (Å²) in [6.07, 6.45) is 2.56. The van der Waals surface area contributed by atoms with Gasteiger partial charge in [0.2, 0.25) is 0 Å². The van der Waals surface area contributed by atoms with Crippen molar-refractivity contribution in [1.29, 1.82) is 0 Å². The summed E-state index contributed by atoms with van der Waals surface area (Å²) in [5.41, 5.74) is 1.37. The minimum Gasteiger partial charge on any atom is -0.347 e. The number of pyridine rings is 1. The standard InChI is InChI=1S/C22H26ClN3OS/c1-13-19(22(2,3)4)28-21(26(13)12-14-9-10-14)25-20(27)16-11-18(23)24-17-8-6-5-7-15(16)17/h5-8,11,13-14,19H,9-10,12H2,1-4H3/b25-21-. The molecule has 0 spiro atoms. The van der Waals surface area contributed by atoms with Gasteiger partial charge in [0.25, 0.3) is 5.91 Å². The van der Waals surface area contributed by atoms with E-state index < -0.39 is 0 Å². The third kappa shape index (κ3) is 3.92. The lowest BCUT2D eigenvalue weighted by molar-refractivity contribution is 0.100. The van der Waals surface area contributed by atoms with Crippen LogP contribution in [0.25, 0.3) is 10.9 Å². The zero-order valence-electron chi connectivity index (χ0n) is 16.8. The van der Waals surface area contributed by atoms with E-state index >= 15 is 0 Å². The number of para-hydroxylation sites is 1. The number of carbonyl (C=O) groups is 1. The minimum atomic E-state index is -0.245. The highest BCUT2D eigenvalue weighted by Gasteiger charge is 2.44. The fourth-order valence-electron chi connectivity index (χ4n) is 3.90. The van der Waals surface area contributed by atoms with Gasteiger partial charge in [-0.15, -0.1) is 0 Å². The van der Waals surface area contributed by atoms with Gasteiger partial charge in [0.1, 0.15) is 5.15 Å². The zero-order valence-corrected chi connectivity index (χ0v) is 18.3. The molecule has 0 bridgehead atoms. The smallest absolute Gasteiger partial charge is 0.280 e. The topological polar surface area (TPSA) is 45.6 Å². The van der Waals surface area contributed by atoms with Crippen molar-refractivity contribution >= 4 is 45.3 Å². The van der Waals surface area contributed by atoms with Crippen LogP contribution in [0.1, 0.15) is 50.9 Å². The van der Waals surface area contributed by atoms with Crippen LogP contribution < -0.4 is 0 Å². The second-order valence-electron chi connectivity index (χ2n) is 8.95. The zero-order chi connectivity index (χ0) is 20.1. The highest BCUT2D eigenvalue weighted by molar-refractivity contribution is 8.14. The van der Waals surface area contributed by atoms with Gasteiger partial charge in [0.05, 0.1) is 11.1 Å². The molecule has 1 aliphatic carbocycles. The van der Waals surface area contributed by atoms with Crippen molar-refractivity contribution in [3.05, 3.63) is 41.0 Å². The predicted molar refractivity (Wildman–Crippen MR) is 118 cm³/mol. The first kappa shape index (κ1) is 19.7. The molecule has 1 aliphatic heterocycles. The van der Waals surface area contributed by atoms with Gasteiger partial charge in [-0.3, -0.25) is 4.79 Å². The lowest BCUT2D eigenvalue weighted by atomic mass is 9.87. The minimum absolute atomic E-state index is 0.138. The van der Waals surface area contributed by atoms with Gasteiger partial charge in [-0.25, -0.2) is 4.98 Å². The third-order valence-corrected chi connectivity index (χ3v) is 7.61. The number of hydrogen-bond donors (Lipinski definition) is 0. The van der Waals surface area contributed by atoms with Crippen LogP contribution in [0.4, 0.5) is 0 Å². The number of rotatable bonds is 3. The van der Waals surface area contributed by atoms with E-state index in [0.29, 0.717) is 27.5 Å². The van der Waals surface area contributed by atoms with E-state index in [1.165, 1.54) is 12.8 Å². The Hall–Kier alpha value is -1.59. The Balaban J connectivity index is 1.71. The number of benzene rings is 1. The van der Waals surface area contributed by atoms with Gasteiger partial charge in [-0.2, -0.15) is 4.99 Å². The Bertz CT molecular complexity index is 948. The number of amides is 1. The molecule has 0 N–H and O–H groups in total. The molecule has 4 rings (SSSR count). The fourth-order valence-corrected chi connectivity index (χ4v) is 5.53. The summed E-state index contributed by atoms with van der Waals surface area (Å²) in [5, 5.41) is 2.35. The van der Waals surface area contributed by atoms with E-state index in [-0.39, 0.29) is 11.3 Å². The van der Waals surface area contributed by atoms with Gasteiger partial charge in [-0.1, -0.05) is 62.3 Å². The van der Waals surface area contributed by atoms with Crippen LogP contribution in [0.15, 0.2) is 35.3 Å². The molecule has 1 amide bonds. The normalized spacial score (nSPS) is 24.3. The summed E-state index contributed by atoms with van der Waals surface area (Å²) in [6, 6.07) is 9.55. The van der Waals surface area contributed by atoms with Crippen molar-refractivity contribution in [3.8, 4) is 0 Å². The highest BCUT2D eigenvalue weighted by Crippen LogP contribution is 2.44. The van der Waals surface area contributed by atoms with Gasteiger partial charge in [0.15, 0.2) is 5.17 Å². The SMILES string of the molecule is CC1C(C(C)(C)C)S/C(=N\C(=O)c2cc(Cl)nc3ccccc23)N1CC1CC1. The predicted octanol–water partition coefficient (Wildman–Crippen LogP) is 5.65. The lowest BCUT2D eigenvalue weighted by Gasteiger charge is -2.32. The largest absolute Gasteiger partial charge is 0.347 e. The molecule has 2 fully saturated rings. The molecule has 2 unspecified atom stereocenters. The summed E-state index contributed by atoms with van der Waals surface area (Å²) < 4.78 is 0. The van der Waals surface area contributed by atoms with Crippen LogP contribution in [0.5, 0.6) is 0 Å². The maximum atomic E-state index is 13.2.